The Labute approximate surface area is 152 Å². The fourth-order valence-electron chi connectivity index (χ4n) is 2.52. The number of aromatic hydroxyl groups is 2. The zero-order valence-electron chi connectivity index (χ0n) is 13.8. The van der Waals surface area contributed by atoms with Crippen LogP contribution in [0.2, 0.25) is 0 Å². The van der Waals surface area contributed by atoms with Crippen molar-refractivity contribution in [2.75, 3.05) is 5.32 Å². The highest BCUT2D eigenvalue weighted by molar-refractivity contribution is 6.08. The van der Waals surface area contributed by atoms with Crippen LogP contribution in [0.1, 0.15) is 10.4 Å². The van der Waals surface area contributed by atoms with Crippen molar-refractivity contribution in [2.45, 2.75) is 0 Å². The average Bonchev–Trinajstić information content (AvgIpc) is 3.33. The number of furan rings is 1. The number of aromatic nitrogens is 2. The molecule has 0 bridgehead atoms. The lowest BCUT2D eigenvalue weighted by atomic mass is 10.1. The van der Waals surface area contributed by atoms with Gasteiger partial charge in [-0.15, -0.1) is 10.2 Å². The zero-order chi connectivity index (χ0) is 18.8. The van der Waals surface area contributed by atoms with E-state index in [9.17, 15) is 15.0 Å². The third-order valence-corrected chi connectivity index (χ3v) is 3.77. The molecule has 2 aromatic carbocycles. The number of hydrogen-bond donors (Lipinski definition) is 3. The maximum absolute atomic E-state index is 12.4. The number of carbonyl (C=O) groups excluding carboxylic acids is 1. The van der Waals surface area contributed by atoms with E-state index in [0.717, 1.165) is 0 Å². The molecule has 8 nitrogen and oxygen atoms in total. The van der Waals surface area contributed by atoms with Crippen molar-refractivity contribution in [3.63, 3.8) is 0 Å². The summed E-state index contributed by atoms with van der Waals surface area (Å²) in [6.45, 7) is 0. The Morgan fingerprint density at radius 2 is 1.67 bits per heavy atom. The van der Waals surface area contributed by atoms with Gasteiger partial charge in [-0.05, 0) is 42.5 Å². The molecule has 0 aliphatic heterocycles. The average molecular weight is 363 g/mol. The van der Waals surface area contributed by atoms with Crippen molar-refractivity contribution < 1.29 is 23.8 Å². The number of nitrogens with one attached hydrogen (secondary N) is 1. The van der Waals surface area contributed by atoms with Crippen LogP contribution in [0.4, 0.5) is 5.69 Å². The molecule has 1 amide bonds. The second-order valence-corrected chi connectivity index (χ2v) is 5.60. The predicted molar refractivity (Wildman–Crippen MR) is 95.2 cm³/mol. The third kappa shape index (κ3) is 3.23. The Hall–Kier alpha value is -4.07. The van der Waals surface area contributed by atoms with E-state index >= 15 is 0 Å². The van der Waals surface area contributed by atoms with Crippen LogP contribution in [-0.2, 0) is 0 Å². The number of amides is 1. The maximum Gasteiger partial charge on any atom is 0.283 e. The Balaban J connectivity index is 1.59. The number of carbonyl (C=O) groups is 1. The van der Waals surface area contributed by atoms with Crippen LogP contribution < -0.4 is 5.32 Å². The van der Waals surface area contributed by atoms with Gasteiger partial charge in [0.1, 0.15) is 17.1 Å². The van der Waals surface area contributed by atoms with Gasteiger partial charge < -0.3 is 24.4 Å². The summed E-state index contributed by atoms with van der Waals surface area (Å²) in [7, 11) is 0. The maximum atomic E-state index is 12.4. The molecule has 0 aliphatic rings. The second kappa shape index (κ2) is 6.68. The van der Waals surface area contributed by atoms with Crippen molar-refractivity contribution in [3.05, 3.63) is 66.4 Å². The Kier molecular flexibility index (Phi) is 4.06. The van der Waals surface area contributed by atoms with Crippen LogP contribution in [0.15, 0.2) is 69.7 Å². The summed E-state index contributed by atoms with van der Waals surface area (Å²) >= 11 is 0. The van der Waals surface area contributed by atoms with Crippen LogP contribution in [0.3, 0.4) is 0 Å². The number of phenols is 2. The molecule has 134 valence electrons. The minimum absolute atomic E-state index is 0.208. The SMILES string of the molecule is O=C(Nc1cccc(-c2nnc(-c3ccco3)o2)c1)c1c(O)cccc1O. The van der Waals surface area contributed by atoms with E-state index in [1.165, 1.54) is 24.5 Å². The van der Waals surface area contributed by atoms with Crippen molar-refractivity contribution in [3.8, 4) is 34.6 Å². The van der Waals surface area contributed by atoms with Gasteiger partial charge in [-0.2, -0.15) is 0 Å². The fraction of sp³-hybridized carbons (Fsp3) is 0. The van der Waals surface area contributed by atoms with Crippen LogP contribution in [0.5, 0.6) is 11.5 Å². The summed E-state index contributed by atoms with van der Waals surface area (Å²) < 4.78 is 10.8. The van der Waals surface area contributed by atoms with Gasteiger partial charge in [0.15, 0.2) is 5.76 Å². The van der Waals surface area contributed by atoms with Crippen molar-refractivity contribution in [1.82, 2.24) is 10.2 Å². The van der Waals surface area contributed by atoms with Crippen molar-refractivity contribution >= 4 is 11.6 Å². The number of rotatable bonds is 4. The Bertz CT molecular complexity index is 1080. The van der Waals surface area contributed by atoms with Crippen LogP contribution in [0.25, 0.3) is 23.1 Å². The molecule has 2 heterocycles. The predicted octanol–water partition coefficient (Wildman–Crippen LogP) is 3.66. The number of hydrogen-bond acceptors (Lipinski definition) is 7. The number of anilines is 1. The van der Waals surface area contributed by atoms with E-state index < -0.39 is 5.91 Å². The zero-order valence-corrected chi connectivity index (χ0v) is 13.8. The molecule has 4 rings (SSSR count). The summed E-state index contributed by atoms with van der Waals surface area (Å²) in [6.07, 6.45) is 1.50. The van der Waals surface area contributed by atoms with Gasteiger partial charge in [-0.3, -0.25) is 4.79 Å². The van der Waals surface area contributed by atoms with Gasteiger partial charge in [0.05, 0.1) is 6.26 Å². The summed E-state index contributed by atoms with van der Waals surface area (Å²) in [5.74, 6) is -0.337. The monoisotopic (exact) mass is 363 g/mol. The largest absolute Gasteiger partial charge is 0.507 e. The first kappa shape index (κ1) is 16.4. The highest BCUT2D eigenvalue weighted by atomic mass is 16.4. The topological polar surface area (TPSA) is 122 Å². The highest BCUT2D eigenvalue weighted by Crippen LogP contribution is 2.29. The lowest BCUT2D eigenvalue weighted by Crippen LogP contribution is -2.12. The first-order chi connectivity index (χ1) is 13.1. The Morgan fingerprint density at radius 3 is 2.41 bits per heavy atom. The lowest BCUT2D eigenvalue weighted by molar-refractivity contribution is 0.102. The molecule has 0 radical (unpaired) electrons. The van der Waals surface area contributed by atoms with Gasteiger partial charge in [0, 0.05) is 11.3 Å². The number of nitrogens with zero attached hydrogens (tertiary/aromatic N) is 2. The number of benzene rings is 2. The molecular formula is C19H13N3O5. The van der Waals surface area contributed by atoms with E-state index in [0.29, 0.717) is 17.0 Å². The summed E-state index contributed by atoms with van der Waals surface area (Å²) in [4.78, 5) is 12.4. The first-order valence-electron chi connectivity index (χ1n) is 7.92. The molecule has 0 aliphatic carbocycles. The number of phenolic OH excluding ortho intramolecular Hbond substituents is 2. The van der Waals surface area contributed by atoms with Gasteiger partial charge >= 0.3 is 0 Å². The second-order valence-electron chi connectivity index (χ2n) is 5.60. The van der Waals surface area contributed by atoms with Crippen molar-refractivity contribution in [1.29, 1.82) is 0 Å². The van der Waals surface area contributed by atoms with Gasteiger partial charge in [0.25, 0.3) is 11.8 Å². The Morgan fingerprint density at radius 1 is 0.926 bits per heavy atom. The van der Waals surface area contributed by atoms with Crippen LogP contribution in [0, 0.1) is 0 Å². The highest BCUT2D eigenvalue weighted by Gasteiger charge is 2.17. The van der Waals surface area contributed by atoms with E-state index in [-0.39, 0.29) is 28.8 Å². The molecule has 8 heteroatoms. The standard InChI is InChI=1S/C19H13N3O5/c23-13-6-2-7-14(24)16(13)17(25)20-12-5-1-4-11(10-12)18-21-22-19(27-18)15-8-3-9-26-15/h1-10,23-24H,(H,20,25). The molecule has 0 unspecified atom stereocenters. The molecule has 0 fully saturated rings. The van der Waals surface area contributed by atoms with E-state index in [1.54, 1.807) is 36.4 Å². The first-order valence-corrected chi connectivity index (χ1v) is 7.92. The molecule has 0 saturated carbocycles. The molecule has 0 spiro atoms. The van der Waals surface area contributed by atoms with E-state index in [1.807, 2.05) is 0 Å². The van der Waals surface area contributed by atoms with E-state index in [2.05, 4.69) is 15.5 Å². The molecule has 3 N–H and O–H groups in total. The molecule has 27 heavy (non-hydrogen) atoms. The van der Waals surface area contributed by atoms with Gasteiger partial charge in [-0.1, -0.05) is 12.1 Å². The molecule has 2 aromatic heterocycles. The smallest absolute Gasteiger partial charge is 0.283 e. The fourth-order valence-corrected chi connectivity index (χ4v) is 2.52. The van der Waals surface area contributed by atoms with Gasteiger partial charge in [0.2, 0.25) is 5.89 Å². The van der Waals surface area contributed by atoms with Gasteiger partial charge in [-0.25, -0.2) is 0 Å². The van der Waals surface area contributed by atoms with Crippen LogP contribution in [-0.4, -0.2) is 26.3 Å². The molecule has 0 atom stereocenters. The summed E-state index contributed by atoms with van der Waals surface area (Å²) in [5.41, 5.74) is 0.804. The normalized spacial score (nSPS) is 10.7. The molecule has 4 aromatic rings. The minimum Gasteiger partial charge on any atom is -0.507 e. The van der Waals surface area contributed by atoms with E-state index in [4.69, 9.17) is 8.83 Å². The van der Waals surface area contributed by atoms with Crippen molar-refractivity contribution in [2.24, 2.45) is 0 Å². The minimum atomic E-state index is -0.649. The molecule has 0 saturated heterocycles. The lowest BCUT2D eigenvalue weighted by Gasteiger charge is -2.09. The molecular weight excluding hydrogens is 350 g/mol. The summed E-state index contributed by atoms with van der Waals surface area (Å²) in [5, 5.41) is 30.1. The summed E-state index contributed by atoms with van der Waals surface area (Å²) in [6, 6.07) is 14.2. The quantitative estimate of drug-likeness (QED) is 0.506. The van der Waals surface area contributed by atoms with Crippen LogP contribution >= 0.6 is 0 Å². The third-order valence-electron chi connectivity index (χ3n) is 3.77.